The van der Waals surface area contributed by atoms with Crippen molar-refractivity contribution in [3.8, 4) is 28.3 Å². The number of aryl methyl sites for hydroxylation is 1. The third-order valence-electron chi connectivity index (χ3n) is 4.62. The molecule has 0 aliphatic heterocycles. The number of rotatable bonds is 4. The Hall–Kier alpha value is -3.87. The van der Waals surface area contributed by atoms with E-state index in [0.717, 1.165) is 27.5 Å². The molecule has 7 heteroatoms. The number of hydrogen-bond donors (Lipinski definition) is 1. The number of ether oxygens (including phenoxy) is 1. The molecule has 0 spiro atoms. The van der Waals surface area contributed by atoms with Crippen molar-refractivity contribution in [1.29, 1.82) is 0 Å². The van der Waals surface area contributed by atoms with E-state index in [1.807, 2.05) is 37.3 Å². The first-order valence-electron chi connectivity index (χ1n) is 8.59. The van der Waals surface area contributed by atoms with E-state index in [4.69, 9.17) is 10.5 Å². The molecular weight excluding hydrogens is 354 g/mol. The molecule has 0 radical (unpaired) electrons. The molecule has 2 aromatic carbocycles. The SMILES string of the molecule is COc1ncncc1-c1nncc2cc(-c3cc(C(N)=O)ccc3C)ccc12. The van der Waals surface area contributed by atoms with Gasteiger partial charge in [0, 0.05) is 22.5 Å². The van der Waals surface area contributed by atoms with Crippen molar-refractivity contribution in [2.45, 2.75) is 6.92 Å². The highest BCUT2D eigenvalue weighted by molar-refractivity contribution is 5.98. The van der Waals surface area contributed by atoms with Crippen LogP contribution in [-0.2, 0) is 0 Å². The highest BCUT2D eigenvalue weighted by Crippen LogP contribution is 2.33. The lowest BCUT2D eigenvalue weighted by Crippen LogP contribution is -2.10. The smallest absolute Gasteiger partial charge is 0.248 e. The van der Waals surface area contributed by atoms with E-state index in [0.29, 0.717) is 22.7 Å². The summed E-state index contributed by atoms with van der Waals surface area (Å²) in [6.45, 7) is 1.99. The first kappa shape index (κ1) is 17.5. The third-order valence-corrected chi connectivity index (χ3v) is 4.62. The van der Waals surface area contributed by atoms with Crippen molar-refractivity contribution in [2.75, 3.05) is 7.11 Å². The minimum absolute atomic E-state index is 0.436. The molecule has 4 aromatic rings. The summed E-state index contributed by atoms with van der Waals surface area (Å²) in [6, 6.07) is 11.4. The lowest BCUT2D eigenvalue weighted by Gasteiger charge is -2.11. The molecule has 0 aliphatic carbocycles. The fraction of sp³-hybridized carbons (Fsp3) is 0.0952. The molecule has 28 heavy (non-hydrogen) atoms. The largest absolute Gasteiger partial charge is 0.480 e. The van der Waals surface area contributed by atoms with Crippen LogP contribution in [-0.4, -0.2) is 33.2 Å². The van der Waals surface area contributed by atoms with Gasteiger partial charge in [-0.2, -0.15) is 5.10 Å². The molecule has 0 bridgehead atoms. The fourth-order valence-corrected chi connectivity index (χ4v) is 3.18. The van der Waals surface area contributed by atoms with Crippen molar-refractivity contribution in [3.05, 3.63) is 66.2 Å². The van der Waals surface area contributed by atoms with Gasteiger partial charge in [-0.3, -0.25) is 4.79 Å². The number of methoxy groups -OCH3 is 1. The number of nitrogens with two attached hydrogens (primary N) is 1. The summed E-state index contributed by atoms with van der Waals surface area (Å²) >= 11 is 0. The average molecular weight is 371 g/mol. The van der Waals surface area contributed by atoms with E-state index in [-0.39, 0.29) is 0 Å². The Morgan fingerprint density at radius 1 is 1.07 bits per heavy atom. The number of benzene rings is 2. The molecular formula is C21H17N5O2. The lowest BCUT2D eigenvalue weighted by molar-refractivity contribution is 0.100. The van der Waals surface area contributed by atoms with Crippen LogP contribution in [0.2, 0.25) is 0 Å². The summed E-state index contributed by atoms with van der Waals surface area (Å²) in [5, 5.41) is 10.2. The van der Waals surface area contributed by atoms with Crippen molar-refractivity contribution in [1.82, 2.24) is 20.2 Å². The van der Waals surface area contributed by atoms with E-state index < -0.39 is 5.91 Å². The number of primary amides is 1. The number of carbonyl (C=O) groups is 1. The van der Waals surface area contributed by atoms with Crippen molar-refractivity contribution >= 4 is 16.7 Å². The van der Waals surface area contributed by atoms with Crippen LogP contribution < -0.4 is 10.5 Å². The molecule has 0 fully saturated rings. The predicted octanol–water partition coefficient (Wildman–Crippen LogP) is 3.17. The zero-order valence-corrected chi connectivity index (χ0v) is 15.4. The van der Waals surface area contributed by atoms with Crippen LogP contribution >= 0.6 is 0 Å². The molecule has 2 aromatic heterocycles. The molecule has 2 heterocycles. The summed E-state index contributed by atoms with van der Waals surface area (Å²) in [4.78, 5) is 19.8. The van der Waals surface area contributed by atoms with Crippen LogP contribution in [0.1, 0.15) is 15.9 Å². The first-order chi connectivity index (χ1) is 13.6. The number of nitrogens with zero attached hydrogens (tertiary/aromatic N) is 4. The van der Waals surface area contributed by atoms with Gasteiger partial charge in [-0.15, -0.1) is 5.10 Å². The van der Waals surface area contributed by atoms with Gasteiger partial charge in [-0.1, -0.05) is 18.2 Å². The Labute approximate surface area is 161 Å². The van der Waals surface area contributed by atoms with E-state index >= 15 is 0 Å². The van der Waals surface area contributed by atoms with Crippen molar-refractivity contribution in [3.63, 3.8) is 0 Å². The van der Waals surface area contributed by atoms with Crippen molar-refractivity contribution in [2.24, 2.45) is 5.73 Å². The van der Waals surface area contributed by atoms with Gasteiger partial charge in [0.1, 0.15) is 12.0 Å². The molecule has 1 amide bonds. The molecule has 7 nitrogen and oxygen atoms in total. The molecule has 0 aliphatic rings. The minimum atomic E-state index is -0.452. The lowest BCUT2D eigenvalue weighted by atomic mass is 9.95. The van der Waals surface area contributed by atoms with E-state index in [1.54, 1.807) is 25.6 Å². The highest BCUT2D eigenvalue weighted by Gasteiger charge is 2.14. The van der Waals surface area contributed by atoms with Crippen LogP contribution in [0.3, 0.4) is 0 Å². The maximum Gasteiger partial charge on any atom is 0.248 e. The summed E-state index contributed by atoms with van der Waals surface area (Å²) in [7, 11) is 1.55. The van der Waals surface area contributed by atoms with Gasteiger partial charge in [-0.25, -0.2) is 9.97 Å². The first-order valence-corrected chi connectivity index (χ1v) is 8.59. The predicted molar refractivity (Wildman–Crippen MR) is 106 cm³/mol. The second-order valence-corrected chi connectivity index (χ2v) is 6.33. The Kier molecular flexibility index (Phi) is 4.41. The Bertz CT molecular complexity index is 1210. The minimum Gasteiger partial charge on any atom is -0.480 e. The van der Waals surface area contributed by atoms with Crippen LogP contribution in [0.15, 0.2) is 55.1 Å². The monoisotopic (exact) mass is 371 g/mol. The van der Waals surface area contributed by atoms with E-state index in [9.17, 15) is 4.79 Å². The van der Waals surface area contributed by atoms with E-state index in [2.05, 4.69) is 20.2 Å². The summed E-state index contributed by atoms with van der Waals surface area (Å²) in [6.07, 6.45) is 4.78. The van der Waals surface area contributed by atoms with Crippen LogP contribution in [0.25, 0.3) is 33.2 Å². The Morgan fingerprint density at radius 3 is 2.71 bits per heavy atom. The maximum atomic E-state index is 11.6. The van der Waals surface area contributed by atoms with Gasteiger partial charge < -0.3 is 10.5 Å². The summed E-state index contributed by atoms with van der Waals surface area (Å²) < 4.78 is 5.33. The van der Waals surface area contributed by atoms with Gasteiger partial charge in [0.05, 0.1) is 18.9 Å². The van der Waals surface area contributed by atoms with Gasteiger partial charge >= 0.3 is 0 Å². The highest BCUT2D eigenvalue weighted by atomic mass is 16.5. The number of aromatic nitrogens is 4. The second kappa shape index (κ2) is 7.03. The van der Waals surface area contributed by atoms with Crippen molar-refractivity contribution < 1.29 is 9.53 Å². The zero-order chi connectivity index (χ0) is 19.7. The quantitative estimate of drug-likeness (QED) is 0.591. The van der Waals surface area contributed by atoms with Gasteiger partial charge in [0.15, 0.2) is 0 Å². The molecule has 0 saturated heterocycles. The zero-order valence-electron chi connectivity index (χ0n) is 15.4. The van der Waals surface area contributed by atoms with Crippen LogP contribution in [0, 0.1) is 6.92 Å². The molecule has 2 N–H and O–H groups in total. The average Bonchev–Trinajstić information content (AvgIpc) is 2.73. The fourth-order valence-electron chi connectivity index (χ4n) is 3.18. The number of amides is 1. The molecule has 138 valence electrons. The molecule has 0 saturated carbocycles. The van der Waals surface area contributed by atoms with Gasteiger partial charge in [-0.05, 0) is 41.8 Å². The normalized spacial score (nSPS) is 10.8. The summed E-state index contributed by atoms with van der Waals surface area (Å²) in [5.74, 6) is -0.0164. The number of carbonyl (C=O) groups excluding carboxylic acids is 1. The standard InChI is InChI=1S/C21H17N5O2/c1-12-3-4-14(20(22)27)8-17(12)13-5-6-16-15(7-13)9-25-26-19(16)18-10-23-11-24-21(18)28-2/h3-11H,1-2H3,(H2,22,27). The van der Waals surface area contributed by atoms with E-state index in [1.165, 1.54) is 6.33 Å². The third kappa shape index (κ3) is 3.03. The second-order valence-electron chi connectivity index (χ2n) is 6.33. The molecule has 0 unspecified atom stereocenters. The van der Waals surface area contributed by atoms with Gasteiger partial charge in [0.25, 0.3) is 0 Å². The Balaban J connectivity index is 1.89. The summed E-state index contributed by atoms with van der Waals surface area (Å²) in [5.41, 5.74) is 10.2. The number of hydrogen-bond acceptors (Lipinski definition) is 6. The maximum absolute atomic E-state index is 11.6. The number of fused-ring (bicyclic) bond motifs is 1. The van der Waals surface area contributed by atoms with Crippen LogP contribution in [0.4, 0.5) is 0 Å². The topological polar surface area (TPSA) is 104 Å². The Morgan fingerprint density at radius 2 is 1.93 bits per heavy atom. The van der Waals surface area contributed by atoms with Gasteiger partial charge in [0.2, 0.25) is 11.8 Å². The van der Waals surface area contributed by atoms with Crippen LogP contribution in [0.5, 0.6) is 5.88 Å². The molecule has 0 atom stereocenters. The molecule has 4 rings (SSSR count).